The molecule has 0 spiro atoms. The van der Waals surface area contributed by atoms with Crippen LogP contribution < -0.4 is 15.2 Å². The molecule has 20 nitrogen and oxygen atoms in total. The van der Waals surface area contributed by atoms with Crippen LogP contribution in [0.5, 0.6) is 11.5 Å². The molecule has 1 aromatic carbocycles. The lowest BCUT2D eigenvalue weighted by Crippen LogP contribution is -2.15. The Labute approximate surface area is 337 Å². The third-order valence-corrected chi connectivity index (χ3v) is 6.89. The van der Waals surface area contributed by atoms with Crippen LogP contribution in [0.3, 0.4) is 0 Å². The number of methoxy groups -OCH3 is 1. The van der Waals surface area contributed by atoms with Crippen molar-refractivity contribution >= 4 is 5.69 Å². The molecule has 334 valence electrons. The number of hydrogen-bond donors (Lipinski definition) is 1. The van der Waals surface area contributed by atoms with Crippen molar-refractivity contribution < 1.29 is 80.7 Å². The summed E-state index contributed by atoms with van der Waals surface area (Å²) in [4.78, 5) is 10.8. The highest BCUT2D eigenvalue weighted by Crippen LogP contribution is 2.31. The Morgan fingerprint density at radius 3 is 0.947 bits per heavy atom. The van der Waals surface area contributed by atoms with Gasteiger partial charge >= 0.3 is 0 Å². The molecular weight excluding hydrogens is 760 g/mol. The number of ether oxygens (including phenoxy) is 16. The van der Waals surface area contributed by atoms with Crippen LogP contribution in [0.1, 0.15) is 0 Å². The fourth-order valence-corrected chi connectivity index (χ4v) is 4.11. The van der Waals surface area contributed by atoms with Crippen molar-refractivity contribution in [2.75, 3.05) is 205 Å². The van der Waals surface area contributed by atoms with Crippen molar-refractivity contribution in [2.45, 2.75) is 0 Å². The average molecular weight is 829 g/mol. The highest BCUT2D eigenvalue weighted by atomic mass is 16.6. The summed E-state index contributed by atoms with van der Waals surface area (Å²) < 4.78 is 87.1. The minimum Gasteiger partial charge on any atom is -0.487 e. The fraction of sp³-hybridized carbons (Fsp3) is 0.838. The first-order valence-electron chi connectivity index (χ1n) is 19.4. The zero-order valence-corrected chi connectivity index (χ0v) is 33.8. The lowest BCUT2D eigenvalue weighted by Gasteiger charge is -2.13. The summed E-state index contributed by atoms with van der Waals surface area (Å²) in [6.45, 7) is 13.3. The molecule has 0 aliphatic rings. The van der Waals surface area contributed by atoms with Gasteiger partial charge in [-0.1, -0.05) is 0 Å². The molecule has 0 saturated heterocycles. The van der Waals surface area contributed by atoms with Crippen molar-refractivity contribution in [1.29, 1.82) is 0 Å². The van der Waals surface area contributed by atoms with E-state index < -0.39 is 4.92 Å². The Hall–Kier alpha value is -2.38. The molecule has 20 heteroatoms. The summed E-state index contributed by atoms with van der Waals surface area (Å²) >= 11 is 0. The van der Waals surface area contributed by atoms with Gasteiger partial charge in [-0.25, -0.2) is 0 Å². The van der Waals surface area contributed by atoms with E-state index in [1.165, 1.54) is 18.2 Å². The molecule has 1 rings (SSSR count). The molecule has 0 aliphatic heterocycles. The third kappa shape index (κ3) is 36.4. The molecule has 0 radical (unpaired) electrons. The van der Waals surface area contributed by atoms with Crippen LogP contribution in [0.25, 0.3) is 0 Å². The van der Waals surface area contributed by atoms with E-state index in [4.69, 9.17) is 81.5 Å². The van der Waals surface area contributed by atoms with Crippen LogP contribution in [0.2, 0.25) is 0 Å². The zero-order valence-electron chi connectivity index (χ0n) is 33.8. The SMILES string of the molecule is COCCOCCOCCOCCOCCOCCOc1cc([N+](=O)[O-])ccc1OCCOCCOCCOCCOCCOCCOCCOCCOCCN. The van der Waals surface area contributed by atoms with Gasteiger partial charge in [-0.2, -0.15) is 0 Å². The second kappa shape index (κ2) is 43.2. The predicted molar refractivity (Wildman–Crippen MR) is 206 cm³/mol. The summed E-state index contributed by atoms with van der Waals surface area (Å²) in [6.07, 6.45) is 0. The molecular formula is C37H68N2O18. The highest BCUT2D eigenvalue weighted by molar-refractivity contribution is 5.48. The number of nitro groups is 1. The van der Waals surface area contributed by atoms with Crippen molar-refractivity contribution in [3.63, 3.8) is 0 Å². The van der Waals surface area contributed by atoms with E-state index in [1.54, 1.807) is 7.11 Å². The Balaban J connectivity index is 1.93. The van der Waals surface area contributed by atoms with Crippen LogP contribution in [-0.4, -0.2) is 210 Å². The predicted octanol–water partition coefficient (Wildman–Crippen LogP) is 1.17. The van der Waals surface area contributed by atoms with Crippen LogP contribution in [-0.2, 0) is 66.3 Å². The largest absolute Gasteiger partial charge is 0.487 e. The molecule has 0 fully saturated rings. The van der Waals surface area contributed by atoms with Gasteiger partial charge in [0.25, 0.3) is 5.69 Å². The third-order valence-electron chi connectivity index (χ3n) is 6.89. The number of rotatable bonds is 47. The molecule has 57 heavy (non-hydrogen) atoms. The number of nitrogens with two attached hydrogens (primary N) is 1. The van der Waals surface area contributed by atoms with Gasteiger partial charge in [0, 0.05) is 19.7 Å². The van der Waals surface area contributed by atoms with Crippen molar-refractivity contribution in [2.24, 2.45) is 5.73 Å². The normalized spacial score (nSPS) is 11.4. The zero-order chi connectivity index (χ0) is 41.0. The molecule has 2 N–H and O–H groups in total. The topological polar surface area (TPSA) is 217 Å². The summed E-state index contributed by atoms with van der Waals surface area (Å²) in [7, 11) is 1.63. The maximum atomic E-state index is 11.3. The van der Waals surface area contributed by atoms with Crippen molar-refractivity contribution in [1.82, 2.24) is 0 Å². The van der Waals surface area contributed by atoms with E-state index in [-0.39, 0.29) is 31.3 Å². The van der Waals surface area contributed by atoms with Gasteiger partial charge in [0.05, 0.1) is 189 Å². The lowest BCUT2D eigenvalue weighted by atomic mass is 10.3. The highest BCUT2D eigenvalue weighted by Gasteiger charge is 2.13. The summed E-state index contributed by atoms with van der Waals surface area (Å²) in [6, 6.07) is 4.17. The second-order valence-corrected chi connectivity index (χ2v) is 11.3. The van der Waals surface area contributed by atoms with E-state index in [9.17, 15) is 10.1 Å². The minimum absolute atomic E-state index is 0.111. The standard InChI is InChI=1S/C37H68N2O18/c1-42-6-7-44-10-11-46-14-15-48-23-25-53-27-29-55-31-33-57-37-34-35(39(40)41)2-3-36(37)56-32-30-54-28-26-52-24-22-51-21-20-50-19-18-49-17-16-47-13-12-45-9-8-43-5-4-38/h2-3,34H,4-33,38H2,1H3. The van der Waals surface area contributed by atoms with E-state index >= 15 is 0 Å². The smallest absolute Gasteiger partial charge is 0.273 e. The van der Waals surface area contributed by atoms with Crippen LogP contribution in [0.4, 0.5) is 5.69 Å². The van der Waals surface area contributed by atoms with Gasteiger partial charge in [0.2, 0.25) is 0 Å². The molecule has 0 unspecified atom stereocenters. The number of benzene rings is 1. The Morgan fingerprint density at radius 2 is 0.667 bits per heavy atom. The maximum absolute atomic E-state index is 11.3. The molecule has 0 heterocycles. The molecule has 0 amide bonds. The van der Waals surface area contributed by atoms with Gasteiger partial charge in [-0.15, -0.1) is 0 Å². The fourth-order valence-electron chi connectivity index (χ4n) is 4.11. The number of nitrogens with zero attached hydrogens (tertiary/aromatic N) is 1. The monoisotopic (exact) mass is 828 g/mol. The first kappa shape index (κ1) is 52.6. The number of nitro benzene ring substituents is 1. The first-order valence-corrected chi connectivity index (χ1v) is 19.4. The summed E-state index contributed by atoms with van der Waals surface area (Å²) in [5.74, 6) is 0.605. The second-order valence-electron chi connectivity index (χ2n) is 11.3. The number of hydrogen-bond acceptors (Lipinski definition) is 19. The van der Waals surface area contributed by atoms with E-state index in [0.29, 0.717) is 184 Å². The average Bonchev–Trinajstić information content (AvgIpc) is 3.22. The molecule has 0 bridgehead atoms. The molecule has 0 aromatic heterocycles. The van der Waals surface area contributed by atoms with Crippen LogP contribution >= 0.6 is 0 Å². The Bertz CT molecular complexity index is 1000. The maximum Gasteiger partial charge on any atom is 0.273 e. The minimum atomic E-state index is -0.496. The van der Waals surface area contributed by atoms with Crippen molar-refractivity contribution in [3.05, 3.63) is 28.3 Å². The molecule has 0 saturated carbocycles. The summed E-state index contributed by atoms with van der Waals surface area (Å²) in [5.41, 5.74) is 5.23. The van der Waals surface area contributed by atoms with Crippen LogP contribution in [0, 0.1) is 10.1 Å². The Kier molecular flexibility index (Phi) is 39.9. The Morgan fingerprint density at radius 1 is 0.404 bits per heavy atom. The van der Waals surface area contributed by atoms with Crippen molar-refractivity contribution in [3.8, 4) is 11.5 Å². The van der Waals surface area contributed by atoms with E-state index in [2.05, 4.69) is 0 Å². The van der Waals surface area contributed by atoms with Gasteiger partial charge < -0.3 is 81.5 Å². The number of non-ortho nitro benzene ring substituents is 1. The van der Waals surface area contributed by atoms with Crippen LogP contribution in [0.15, 0.2) is 18.2 Å². The lowest BCUT2D eigenvalue weighted by molar-refractivity contribution is -0.385. The molecule has 0 aliphatic carbocycles. The molecule has 1 aromatic rings. The quantitative estimate of drug-likeness (QED) is 0.0554. The van der Waals surface area contributed by atoms with E-state index in [0.717, 1.165) is 0 Å². The molecule has 0 atom stereocenters. The van der Waals surface area contributed by atoms with Gasteiger partial charge in [0.1, 0.15) is 13.2 Å². The summed E-state index contributed by atoms with van der Waals surface area (Å²) in [5, 5.41) is 11.3. The van der Waals surface area contributed by atoms with Gasteiger partial charge in [-0.05, 0) is 6.07 Å². The first-order chi connectivity index (χ1) is 28.2. The van der Waals surface area contributed by atoms with Gasteiger partial charge in [-0.3, -0.25) is 10.1 Å². The van der Waals surface area contributed by atoms with Gasteiger partial charge in [0.15, 0.2) is 11.5 Å². The van der Waals surface area contributed by atoms with E-state index in [1.807, 2.05) is 0 Å².